The number of hydrogen-bond donors (Lipinski definition) is 2. The Morgan fingerprint density at radius 1 is 1.29 bits per heavy atom. The summed E-state index contributed by atoms with van der Waals surface area (Å²) in [5.41, 5.74) is 1.75. The molecule has 2 saturated heterocycles. The Kier molecular flexibility index (Phi) is 8.92. The van der Waals surface area contributed by atoms with Gasteiger partial charge in [0.2, 0.25) is 17.7 Å². The number of piperidine rings is 1. The minimum absolute atomic E-state index is 0.294. The van der Waals surface area contributed by atoms with Crippen LogP contribution < -0.4 is 25.0 Å². The number of benzene rings is 1. The highest BCUT2D eigenvalue weighted by Gasteiger charge is 2.41. The number of amides is 1. The minimum Gasteiger partial charge on any atom is -0.494 e. The molecule has 12 heteroatoms. The van der Waals surface area contributed by atoms with Gasteiger partial charge in [-0.1, -0.05) is 30.1 Å². The number of anilines is 4. The Hall–Kier alpha value is -2.73. The van der Waals surface area contributed by atoms with Crippen molar-refractivity contribution in [2.75, 3.05) is 69.2 Å². The highest BCUT2D eigenvalue weighted by atomic mass is 35.5. The van der Waals surface area contributed by atoms with Crippen LogP contribution in [0.1, 0.15) is 19.8 Å². The third kappa shape index (κ3) is 6.45. The van der Waals surface area contributed by atoms with E-state index in [1.807, 2.05) is 25.3 Å². The van der Waals surface area contributed by atoms with Crippen molar-refractivity contribution in [2.24, 2.45) is 0 Å². The fraction of sp³-hybridized carbons (Fsp3) is 0.500. The van der Waals surface area contributed by atoms with Gasteiger partial charge in [0.25, 0.3) is 0 Å². The lowest BCUT2D eigenvalue weighted by Crippen LogP contribution is -2.60. The number of hydrogen-bond acceptors (Lipinski definition) is 10. The SMILES string of the molecule is C=CC(=O)Nc1cc(Nc2ncc(Cl)c(OC3(C)CN(SC)C3)n2)c(OC)cc1N1CCC(N(C)C)CC1. The van der Waals surface area contributed by atoms with E-state index in [0.29, 0.717) is 40.0 Å². The average Bonchev–Trinajstić information content (AvgIpc) is 2.89. The van der Waals surface area contributed by atoms with Gasteiger partial charge in [-0.15, -0.1) is 0 Å². The number of carbonyl (C=O) groups is 1. The van der Waals surface area contributed by atoms with Gasteiger partial charge in [-0.3, -0.25) is 4.79 Å². The second kappa shape index (κ2) is 12.0. The van der Waals surface area contributed by atoms with Crippen LogP contribution in [0.5, 0.6) is 11.6 Å². The summed E-state index contributed by atoms with van der Waals surface area (Å²) in [5.74, 6) is 0.908. The zero-order valence-electron chi connectivity index (χ0n) is 22.6. The van der Waals surface area contributed by atoms with Crippen molar-refractivity contribution >= 4 is 52.5 Å². The third-order valence-corrected chi connectivity index (χ3v) is 7.91. The fourth-order valence-electron chi connectivity index (χ4n) is 4.73. The van der Waals surface area contributed by atoms with Gasteiger partial charge in [-0.2, -0.15) is 4.98 Å². The summed E-state index contributed by atoms with van der Waals surface area (Å²) in [6.45, 7) is 8.90. The van der Waals surface area contributed by atoms with Crippen molar-refractivity contribution in [1.29, 1.82) is 0 Å². The first-order valence-corrected chi connectivity index (χ1v) is 14.0. The quantitative estimate of drug-likeness (QED) is 0.323. The standard InChI is InChI=1S/C26H36ClN7O3S/c1-7-23(35)29-19-12-20(22(36-5)13-21(19)33-10-8-17(9-11-33)32(3)4)30-25-28-14-18(27)24(31-25)37-26(2)15-34(16-26)38-6/h7,12-14,17H,1,8-11,15-16H2,2-6H3,(H,29,35)(H,28,30,31). The van der Waals surface area contributed by atoms with Crippen molar-refractivity contribution in [3.05, 3.63) is 36.0 Å². The Morgan fingerprint density at radius 2 is 2.00 bits per heavy atom. The number of methoxy groups -OCH3 is 1. The molecule has 0 aliphatic carbocycles. The number of ether oxygens (including phenoxy) is 2. The molecule has 2 N–H and O–H groups in total. The molecule has 2 aromatic rings. The zero-order chi connectivity index (χ0) is 27.4. The van der Waals surface area contributed by atoms with Gasteiger partial charge in [0.15, 0.2) is 0 Å². The van der Waals surface area contributed by atoms with Gasteiger partial charge in [-0.05, 0) is 52.3 Å². The summed E-state index contributed by atoms with van der Waals surface area (Å²) < 4.78 is 14.1. The number of nitrogens with one attached hydrogen (secondary N) is 2. The second-order valence-corrected chi connectivity index (χ2v) is 11.2. The molecular formula is C26H36ClN7O3S. The molecular weight excluding hydrogens is 526 g/mol. The van der Waals surface area contributed by atoms with Crippen LogP contribution in [0.4, 0.5) is 23.0 Å². The largest absolute Gasteiger partial charge is 0.494 e. The van der Waals surface area contributed by atoms with Gasteiger partial charge in [-0.25, -0.2) is 9.29 Å². The lowest BCUT2D eigenvalue weighted by atomic mass is 10.00. The van der Waals surface area contributed by atoms with Crippen LogP contribution in [0, 0.1) is 0 Å². The first-order valence-electron chi connectivity index (χ1n) is 12.5. The number of rotatable bonds is 10. The Bertz CT molecular complexity index is 1170. The van der Waals surface area contributed by atoms with Crippen LogP contribution in [0.2, 0.25) is 5.02 Å². The van der Waals surface area contributed by atoms with E-state index >= 15 is 0 Å². The molecule has 38 heavy (non-hydrogen) atoms. The lowest BCUT2D eigenvalue weighted by molar-refractivity contribution is -0.111. The Balaban J connectivity index is 1.60. The smallest absolute Gasteiger partial charge is 0.247 e. The summed E-state index contributed by atoms with van der Waals surface area (Å²) in [7, 11) is 5.83. The van der Waals surface area contributed by atoms with E-state index in [-0.39, 0.29) is 11.5 Å². The molecule has 2 fully saturated rings. The van der Waals surface area contributed by atoms with Crippen LogP contribution in [-0.2, 0) is 4.79 Å². The molecule has 10 nitrogen and oxygen atoms in total. The van der Waals surface area contributed by atoms with Crippen LogP contribution in [-0.4, -0.2) is 90.4 Å². The normalized spacial score (nSPS) is 17.6. The van der Waals surface area contributed by atoms with Crippen LogP contribution in [0.3, 0.4) is 0 Å². The molecule has 2 aliphatic rings. The first kappa shape index (κ1) is 28.3. The van der Waals surface area contributed by atoms with Gasteiger partial charge < -0.3 is 29.9 Å². The number of nitrogens with zero attached hydrogens (tertiary/aromatic N) is 5. The topological polar surface area (TPSA) is 95.1 Å². The van der Waals surface area contributed by atoms with E-state index in [1.165, 1.54) is 12.3 Å². The van der Waals surface area contributed by atoms with E-state index in [9.17, 15) is 4.79 Å². The minimum atomic E-state index is -0.375. The van der Waals surface area contributed by atoms with Crippen LogP contribution in [0.25, 0.3) is 0 Å². The molecule has 3 heterocycles. The van der Waals surface area contributed by atoms with Crippen molar-refractivity contribution < 1.29 is 14.3 Å². The summed E-state index contributed by atoms with van der Waals surface area (Å²) in [6.07, 6.45) is 6.86. The van der Waals surface area contributed by atoms with Gasteiger partial charge >= 0.3 is 0 Å². The van der Waals surface area contributed by atoms with Crippen molar-refractivity contribution in [3.63, 3.8) is 0 Å². The molecule has 0 bridgehead atoms. The highest BCUT2D eigenvalue weighted by molar-refractivity contribution is 7.96. The maximum atomic E-state index is 12.3. The fourth-order valence-corrected chi connectivity index (χ4v) is 5.67. The summed E-state index contributed by atoms with van der Waals surface area (Å²) in [6, 6.07) is 4.29. The van der Waals surface area contributed by atoms with Crippen LogP contribution in [0.15, 0.2) is 31.0 Å². The van der Waals surface area contributed by atoms with Gasteiger partial charge in [0.1, 0.15) is 16.4 Å². The lowest BCUT2D eigenvalue weighted by Gasteiger charge is -2.45. The number of halogens is 1. The monoisotopic (exact) mass is 561 g/mol. The summed E-state index contributed by atoms with van der Waals surface area (Å²) in [5, 5.41) is 6.50. The molecule has 1 aromatic carbocycles. The maximum Gasteiger partial charge on any atom is 0.247 e. The van der Waals surface area contributed by atoms with Crippen molar-refractivity contribution in [1.82, 2.24) is 19.2 Å². The van der Waals surface area contributed by atoms with E-state index in [2.05, 4.69) is 55.4 Å². The zero-order valence-corrected chi connectivity index (χ0v) is 24.2. The predicted molar refractivity (Wildman–Crippen MR) is 155 cm³/mol. The molecule has 0 saturated carbocycles. The molecule has 1 amide bonds. The molecule has 2 aliphatic heterocycles. The molecule has 0 unspecified atom stereocenters. The first-order chi connectivity index (χ1) is 18.1. The predicted octanol–water partition coefficient (Wildman–Crippen LogP) is 4.27. The Labute approximate surface area is 233 Å². The van der Waals surface area contributed by atoms with Crippen molar-refractivity contribution in [3.8, 4) is 11.6 Å². The number of aromatic nitrogens is 2. The van der Waals surface area contributed by atoms with Gasteiger partial charge in [0, 0.05) is 25.2 Å². The van der Waals surface area contributed by atoms with Crippen LogP contribution >= 0.6 is 23.5 Å². The molecule has 0 atom stereocenters. The molecule has 0 spiro atoms. The molecule has 4 rings (SSSR count). The molecule has 1 aromatic heterocycles. The highest BCUT2D eigenvalue weighted by Crippen LogP contribution is 2.40. The Morgan fingerprint density at radius 3 is 2.61 bits per heavy atom. The average molecular weight is 562 g/mol. The number of carbonyl (C=O) groups excluding carboxylic acids is 1. The van der Waals surface area contributed by atoms with E-state index in [0.717, 1.165) is 44.7 Å². The molecule has 0 radical (unpaired) electrons. The maximum absolute atomic E-state index is 12.3. The molecule has 206 valence electrons. The summed E-state index contributed by atoms with van der Waals surface area (Å²) in [4.78, 5) is 25.7. The van der Waals surface area contributed by atoms with E-state index in [1.54, 1.807) is 19.1 Å². The van der Waals surface area contributed by atoms with E-state index in [4.69, 9.17) is 21.1 Å². The third-order valence-electron chi connectivity index (χ3n) is 6.88. The van der Waals surface area contributed by atoms with E-state index < -0.39 is 0 Å². The van der Waals surface area contributed by atoms with Crippen molar-refractivity contribution in [2.45, 2.75) is 31.4 Å². The van der Waals surface area contributed by atoms with Gasteiger partial charge in [0.05, 0.1) is 43.5 Å². The summed E-state index contributed by atoms with van der Waals surface area (Å²) >= 11 is 8.04. The second-order valence-electron chi connectivity index (χ2n) is 9.95.